The van der Waals surface area contributed by atoms with Gasteiger partial charge >= 0.3 is 0 Å². The first kappa shape index (κ1) is 26.0. The standard InChI is InChI=1S/C31H37N7O3/c1-4-31(17-40-18-31)16-32-22-9-10-27-25(14-22)35-30-36-28(39)21-12-19(2)34-24(13-21)23-15-33-37(3)29(23)41-11-5-6-26(38(27)30)20-7-8-20/h9-10,12-15,20,26,32H,4-8,11,16-18H2,1-3H3,(H,35,36,39). The third kappa shape index (κ3) is 4.84. The first-order chi connectivity index (χ1) is 19.9. The second-order valence-corrected chi connectivity index (χ2v) is 11.9. The monoisotopic (exact) mass is 555 g/mol. The summed E-state index contributed by atoms with van der Waals surface area (Å²) < 4.78 is 13.5. The van der Waals surface area contributed by atoms with Crippen LogP contribution in [0.1, 0.15) is 55.1 Å². The zero-order chi connectivity index (χ0) is 28.1. The van der Waals surface area contributed by atoms with Gasteiger partial charge in [-0.15, -0.1) is 0 Å². The number of amides is 1. The van der Waals surface area contributed by atoms with Crippen molar-refractivity contribution in [2.24, 2.45) is 23.4 Å². The first-order valence-corrected chi connectivity index (χ1v) is 14.7. The van der Waals surface area contributed by atoms with Crippen LogP contribution in [0.3, 0.4) is 0 Å². The van der Waals surface area contributed by atoms with Gasteiger partial charge < -0.3 is 25.0 Å². The Morgan fingerprint density at radius 3 is 2.78 bits per heavy atom. The van der Waals surface area contributed by atoms with E-state index in [1.807, 2.05) is 14.0 Å². The molecule has 10 nitrogen and oxygen atoms in total. The Balaban J connectivity index is 1.25. The average molecular weight is 556 g/mol. The number of carbonyl (C=O) groups is 1. The van der Waals surface area contributed by atoms with Gasteiger partial charge in [-0.2, -0.15) is 10.1 Å². The summed E-state index contributed by atoms with van der Waals surface area (Å²) in [6.07, 6.45) is 6.98. The highest BCUT2D eigenvalue weighted by atomic mass is 16.5. The van der Waals surface area contributed by atoms with Crippen molar-refractivity contribution in [1.82, 2.24) is 14.8 Å². The predicted molar refractivity (Wildman–Crippen MR) is 159 cm³/mol. The SMILES string of the molecule is CCC1(CNc2ccc3c(c2)N/C2=N\C(=O)c4cc(C)nc(c4)-c4cnn(C)c4OCCCC(C4CC4)N23)COC1. The van der Waals surface area contributed by atoms with Crippen molar-refractivity contribution in [1.29, 1.82) is 0 Å². The van der Waals surface area contributed by atoms with Crippen LogP contribution in [0.25, 0.3) is 11.3 Å². The maximum atomic E-state index is 13.7. The highest BCUT2D eigenvalue weighted by molar-refractivity contribution is 6.19. The van der Waals surface area contributed by atoms with E-state index in [1.54, 1.807) is 23.0 Å². The molecular formula is C31H37N7O3. The number of guanidine groups is 1. The normalized spacial score (nSPS) is 22.6. The van der Waals surface area contributed by atoms with Crippen LogP contribution in [0.2, 0.25) is 0 Å². The lowest BCUT2D eigenvalue weighted by Crippen LogP contribution is -2.47. The lowest BCUT2D eigenvalue weighted by molar-refractivity contribution is -0.106. The fourth-order valence-corrected chi connectivity index (χ4v) is 6.16. The smallest absolute Gasteiger partial charge is 0.280 e. The van der Waals surface area contributed by atoms with Crippen LogP contribution in [0.15, 0.2) is 41.5 Å². The topological polar surface area (TPSA) is 106 Å². The van der Waals surface area contributed by atoms with Crippen LogP contribution in [-0.2, 0) is 11.8 Å². The summed E-state index contributed by atoms with van der Waals surface area (Å²) in [5.74, 6) is 1.51. The Morgan fingerprint density at radius 1 is 1.17 bits per heavy atom. The van der Waals surface area contributed by atoms with Crippen LogP contribution < -0.4 is 20.3 Å². The van der Waals surface area contributed by atoms with Crippen LogP contribution in [0, 0.1) is 18.3 Å². The average Bonchev–Trinajstić information content (AvgIpc) is 3.63. The lowest BCUT2D eigenvalue weighted by Gasteiger charge is -2.41. The van der Waals surface area contributed by atoms with Crippen LogP contribution in [0.5, 0.6) is 5.88 Å². The molecule has 0 radical (unpaired) electrons. The number of rotatable bonds is 5. The summed E-state index contributed by atoms with van der Waals surface area (Å²) in [5, 5.41) is 11.5. The largest absolute Gasteiger partial charge is 0.477 e. The van der Waals surface area contributed by atoms with E-state index in [1.165, 1.54) is 12.8 Å². The molecule has 1 saturated carbocycles. The van der Waals surface area contributed by atoms with Gasteiger partial charge in [-0.25, -0.2) is 4.68 Å². The number of hydrogen-bond acceptors (Lipinski definition) is 8. The molecule has 2 N–H and O–H groups in total. The third-order valence-electron chi connectivity index (χ3n) is 8.91. The molecular weight excluding hydrogens is 518 g/mol. The number of anilines is 3. The Hall–Kier alpha value is -3.92. The molecule has 10 heteroatoms. The minimum Gasteiger partial charge on any atom is -0.477 e. The zero-order valence-electron chi connectivity index (χ0n) is 23.9. The van der Waals surface area contributed by atoms with Crippen molar-refractivity contribution in [3.05, 3.63) is 47.8 Å². The molecule has 1 aliphatic carbocycles. The summed E-state index contributed by atoms with van der Waals surface area (Å²) in [6, 6.07) is 10.2. The maximum absolute atomic E-state index is 13.7. The number of aryl methyl sites for hydroxylation is 2. The van der Waals surface area contributed by atoms with Gasteiger partial charge in [0.05, 0.1) is 48.6 Å². The molecule has 4 aliphatic rings. The Bertz CT molecular complexity index is 1520. The molecule has 7 rings (SSSR count). The summed E-state index contributed by atoms with van der Waals surface area (Å²) >= 11 is 0. The van der Waals surface area contributed by atoms with Gasteiger partial charge in [-0.05, 0) is 75.3 Å². The second kappa shape index (κ2) is 10.2. The number of hydrogen-bond donors (Lipinski definition) is 2. The van der Waals surface area contributed by atoms with E-state index < -0.39 is 0 Å². The molecule has 1 unspecified atom stereocenters. The number of nitrogens with zero attached hydrogens (tertiary/aromatic N) is 5. The number of aromatic nitrogens is 3. The summed E-state index contributed by atoms with van der Waals surface area (Å²) in [6.45, 7) is 7.16. The fraction of sp³-hybridized carbons (Fsp3) is 0.484. The molecule has 2 fully saturated rings. The molecule has 41 heavy (non-hydrogen) atoms. The molecule has 5 heterocycles. The highest BCUT2D eigenvalue weighted by Gasteiger charge is 2.41. The van der Waals surface area contributed by atoms with Crippen molar-refractivity contribution >= 4 is 28.9 Å². The first-order valence-electron chi connectivity index (χ1n) is 14.7. The van der Waals surface area contributed by atoms with E-state index in [0.717, 1.165) is 67.3 Å². The van der Waals surface area contributed by atoms with Crippen molar-refractivity contribution in [2.45, 2.75) is 52.0 Å². The van der Waals surface area contributed by atoms with E-state index in [2.05, 4.69) is 45.8 Å². The quantitative estimate of drug-likeness (QED) is 0.453. The van der Waals surface area contributed by atoms with Gasteiger partial charge in [0.25, 0.3) is 5.91 Å². The molecule has 2 aromatic heterocycles. The number of fused-ring (bicyclic) bond motifs is 7. The second-order valence-electron chi connectivity index (χ2n) is 11.9. The number of nitrogens with one attached hydrogen (secondary N) is 2. The molecule has 1 atom stereocenters. The van der Waals surface area contributed by atoms with Crippen molar-refractivity contribution < 1.29 is 14.3 Å². The summed E-state index contributed by atoms with van der Waals surface area (Å²) in [5.41, 5.74) is 5.94. The molecule has 0 spiro atoms. The van der Waals surface area contributed by atoms with E-state index in [0.29, 0.717) is 35.6 Å². The number of ether oxygens (including phenoxy) is 2. The van der Waals surface area contributed by atoms with Gasteiger partial charge in [0.1, 0.15) is 0 Å². The van der Waals surface area contributed by atoms with Gasteiger partial charge in [0, 0.05) is 42.0 Å². The molecule has 1 amide bonds. The molecule has 2 bridgehead atoms. The van der Waals surface area contributed by atoms with Crippen molar-refractivity contribution in [3.8, 4) is 17.1 Å². The third-order valence-corrected chi connectivity index (χ3v) is 8.91. The lowest BCUT2D eigenvalue weighted by atomic mass is 9.83. The van der Waals surface area contributed by atoms with E-state index in [-0.39, 0.29) is 17.4 Å². The molecule has 3 aromatic rings. The van der Waals surface area contributed by atoms with Gasteiger partial charge in [0.15, 0.2) is 0 Å². The number of benzene rings is 1. The van der Waals surface area contributed by atoms with Crippen molar-refractivity contribution in [3.63, 3.8) is 0 Å². The van der Waals surface area contributed by atoms with E-state index >= 15 is 0 Å². The Morgan fingerprint density at radius 2 is 2.02 bits per heavy atom. The van der Waals surface area contributed by atoms with Gasteiger partial charge in [-0.1, -0.05) is 6.92 Å². The zero-order valence-corrected chi connectivity index (χ0v) is 23.9. The molecule has 3 aliphatic heterocycles. The number of carbonyl (C=O) groups excluding carboxylic acids is 1. The van der Waals surface area contributed by atoms with Gasteiger partial charge in [-0.3, -0.25) is 9.78 Å². The van der Waals surface area contributed by atoms with E-state index in [9.17, 15) is 4.79 Å². The van der Waals surface area contributed by atoms with Crippen molar-refractivity contribution in [2.75, 3.05) is 41.9 Å². The predicted octanol–water partition coefficient (Wildman–Crippen LogP) is 5.01. The molecule has 1 aromatic carbocycles. The van der Waals surface area contributed by atoms with Gasteiger partial charge in [0.2, 0.25) is 11.8 Å². The minimum atomic E-state index is -0.303. The van der Waals surface area contributed by atoms with Crippen LogP contribution >= 0.6 is 0 Å². The highest BCUT2D eigenvalue weighted by Crippen LogP contribution is 2.45. The summed E-state index contributed by atoms with van der Waals surface area (Å²) in [7, 11) is 1.87. The Labute approximate surface area is 240 Å². The van der Waals surface area contributed by atoms with Crippen LogP contribution in [-0.4, -0.2) is 59.0 Å². The minimum absolute atomic E-state index is 0.206. The fourth-order valence-electron chi connectivity index (χ4n) is 6.16. The summed E-state index contributed by atoms with van der Waals surface area (Å²) in [4.78, 5) is 25.4. The molecule has 214 valence electrons. The van der Waals surface area contributed by atoms with E-state index in [4.69, 9.17) is 19.5 Å². The number of pyridine rings is 1. The maximum Gasteiger partial charge on any atom is 0.280 e. The van der Waals surface area contributed by atoms with Crippen LogP contribution in [0.4, 0.5) is 17.1 Å². The Kier molecular flexibility index (Phi) is 6.45. The number of aliphatic imine (C=N–C) groups is 1. The molecule has 1 saturated heterocycles.